The molecular formula is C14H21NO3. The molecule has 0 amide bonds. The number of nitrogens with zero attached hydrogens (tertiary/aromatic N) is 1. The highest BCUT2D eigenvalue weighted by Gasteiger charge is 2.17. The average Bonchev–Trinajstić information content (AvgIpc) is 2.35. The lowest BCUT2D eigenvalue weighted by molar-refractivity contribution is -0.149. The van der Waals surface area contributed by atoms with Crippen LogP contribution in [-0.4, -0.2) is 29.3 Å². The molecule has 1 N–H and O–H groups in total. The third-order valence-electron chi connectivity index (χ3n) is 2.82. The Kier molecular flexibility index (Phi) is 6.36. The molecule has 1 rings (SSSR count). The van der Waals surface area contributed by atoms with Gasteiger partial charge in [-0.05, 0) is 50.8 Å². The minimum atomic E-state index is -0.395. The molecule has 1 atom stereocenters. The largest absolute Gasteiger partial charge is 0.466 e. The Morgan fingerprint density at radius 3 is 2.94 bits per heavy atom. The number of aliphatic hydroxyl groups is 1. The van der Waals surface area contributed by atoms with E-state index in [0.717, 1.165) is 18.5 Å². The predicted octanol–water partition coefficient (Wildman–Crippen LogP) is 1.88. The second kappa shape index (κ2) is 7.82. The molecule has 1 aromatic rings. The average molecular weight is 251 g/mol. The van der Waals surface area contributed by atoms with Crippen LogP contribution in [-0.2, 0) is 16.0 Å². The van der Waals surface area contributed by atoms with E-state index in [4.69, 9.17) is 9.84 Å². The molecular weight excluding hydrogens is 230 g/mol. The van der Waals surface area contributed by atoms with Crippen LogP contribution in [0.25, 0.3) is 0 Å². The number of aliphatic hydroxyl groups excluding tert-OH is 1. The Bertz CT molecular complexity index is 379. The van der Waals surface area contributed by atoms with Crippen molar-refractivity contribution in [3.8, 4) is 0 Å². The standard InChI is InChI=1S/C14H21NO3/c1-3-18-14(17)13(10-16)6-4-5-12-7-8-15-11(2)9-12/h7-9,13,16H,3-6,10H2,1-2H3. The molecule has 0 saturated carbocycles. The number of ether oxygens (including phenoxy) is 1. The molecule has 0 aromatic carbocycles. The summed E-state index contributed by atoms with van der Waals surface area (Å²) < 4.78 is 4.91. The van der Waals surface area contributed by atoms with Crippen LogP contribution in [0.1, 0.15) is 31.0 Å². The number of aryl methyl sites for hydroxylation is 2. The minimum Gasteiger partial charge on any atom is -0.466 e. The van der Waals surface area contributed by atoms with Crippen molar-refractivity contribution in [2.24, 2.45) is 5.92 Å². The summed E-state index contributed by atoms with van der Waals surface area (Å²) in [5.74, 6) is -0.696. The van der Waals surface area contributed by atoms with Crippen LogP contribution in [0.3, 0.4) is 0 Å². The lowest BCUT2D eigenvalue weighted by atomic mass is 10.0. The number of rotatable bonds is 7. The SMILES string of the molecule is CCOC(=O)C(CO)CCCc1ccnc(C)c1. The van der Waals surface area contributed by atoms with Crippen molar-refractivity contribution >= 4 is 5.97 Å². The van der Waals surface area contributed by atoms with Crippen LogP contribution in [0.5, 0.6) is 0 Å². The molecule has 4 nitrogen and oxygen atoms in total. The highest BCUT2D eigenvalue weighted by Crippen LogP contribution is 2.12. The molecule has 0 aliphatic heterocycles. The van der Waals surface area contributed by atoms with E-state index in [0.29, 0.717) is 13.0 Å². The van der Waals surface area contributed by atoms with Crippen molar-refractivity contribution in [1.82, 2.24) is 4.98 Å². The molecule has 0 radical (unpaired) electrons. The number of esters is 1. The van der Waals surface area contributed by atoms with E-state index < -0.39 is 5.92 Å². The van der Waals surface area contributed by atoms with Gasteiger partial charge in [0.25, 0.3) is 0 Å². The van der Waals surface area contributed by atoms with Gasteiger partial charge in [-0.3, -0.25) is 9.78 Å². The Labute approximate surface area is 108 Å². The van der Waals surface area contributed by atoms with Gasteiger partial charge in [0.2, 0.25) is 0 Å². The maximum atomic E-state index is 11.5. The van der Waals surface area contributed by atoms with Gasteiger partial charge in [-0.15, -0.1) is 0 Å². The lowest BCUT2D eigenvalue weighted by Crippen LogP contribution is -2.21. The Morgan fingerprint density at radius 1 is 1.56 bits per heavy atom. The number of carbonyl (C=O) groups is 1. The van der Waals surface area contributed by atoms with Crippen molar-refractivity contribution in [3.05, 3.63) is 29.6 Å². The molecule has 1 unspecified atom stereocenters. The minimum absolute atomic E-state index is 0.145. The molecule has 0 fully saturated rings. The number of aromatic nitrogens is 1. The zero-order valence-corrected chi connectivity index (χ0v) is 11.1. The number of hydrogen-bond donors (Lipinski definition) is 1. The van der Waals surface area contributed by atoms with Gasteiger partial charge >= 0.3 is 5.97 Å². The van der Waals surface area contributed by atoms with Crippen LogP contribution in [0.4, 0.5) is 0 Å². The molecule has 0 saturated heterocycles. The Morgan fingerprint density at radius 2 is 2.33 bits per heavy atom. The van der Waals surface area contributed by atoms with Gasteiger partial charge in [-0.2, -0.15) is 0 Å². The second-order valence-electron chi connectivity index (χ2n) is 4.33. The van der Waals surface area contributed by atoms with Crippen LogP contribution < -0.4 is 0 Å². The zero-order chi connectivity index (χ0) is 13.4. The van der Waals surface area contributed by atoms with E-state index in [2.05, 4.69) is 4.98 Å². The summed E-state index contributed by atoms with van der Waals surface area (Å²) in [7, 11) is 0. The quantitative estimate of drug-likeness (QED) is 0.752. The first-order valence-electron chi connectivity index (χ1n) is 6.36. The van der Waals surface area contributed by atoms with E-state index in [1.165, 1.54) is 5.56 Å². The van der Waals surface area contributed by atoms with E-state index >= 15 is 0 Å². The van der Waals surface area contributed by atoms with Gasteiger partial charge in [0.15, 0.2) is 0 Å². The molecule has 1 aromatic heterocycles. The van der Waals surface area contributed by atoms with Gasteiger partial charge in [0, 0.05) is 11.9 Å². The molecule has 100 valence electrons. The third-order valence-corrected chi connectivity index (χ3v) is 2.82. The van der Waals surface area contributed by atoms with Gasteiger partial charge in [-0.25, -0.2) is 0 Å². The smallest absolute Gasteiger partial charge is 0.311 e. The first kappa shape index (κ1) is 14.6. The van der Waals surface area contributed by atoms with Gasteiger partial charge in [0.05, 0.1) is 19.1 Å². The fourth-order valence-corrected chi connectivity index (χ4v) is 1.86. The van der Waals surface area contributed by atoms with Gasteiger partial charge in [-0.1, -0.05) is 0 Å². The first-order valence-corrected chi connectivity index (χ1v) is 6.36. The third kappa shape index (κ3) is 4.84. The van der Waals surface area contributed by atoms with Crippen LogP contribution >= 0.6 is 0 Å². The second-order valence-corrected chi connectivity index (χ2v) is 4.33. The van der Waals surface area contributed by atoms with E-state index in [1.807, 2.05) is 19.1 Å². The highest BCUT2D eigenvalue weighted by atomic mass is 16.5. The van der Waals surface area contributed by atoms with E-state index in [9.17, 15) is 4.79 Å². The fourth-order valence-electron chi connectivity index (χ4n) is 1.86. The molecule has 0 spiro atoms. The molecule has 1 heterocycles. The zero-order valence-electron chi connectivity index (χ0n) is 11.1. The number of hydrogen-bond acceptors (Lipinski definition) is 4. The van der Waals surface area contributed by atoms with E-state index in [-0.39, 0.29) is 12.6 Å². The van der Waals surface area contributed by atoms with Crippen molar-refractivity contribution < 1.29 is 14.6 Å². The van der Waals surface area contributed by atoms with Crippen molar-refractivity contribution in [2.75, 3.05) is 13.2 Å². The topological polar surface area (TPSA) is 59.4 Å². The summed E-state index contributed by atoms with van der Waals surface area (Å²) in [4.78, 5) is 15.6. The maximum Gasteiger partial charge on any atom is 0.311 e. The molecule has 4 heteroatoms. The van der Waals surface area contributed by atoms with Gasteiger partial charge in [0.1, 0.15) is 0 Å². The Hall–Kier alpha value is -1.42. The summed E-state index contributed by atoms with van der Waals surface area (Å²) in [5.41, 5.74) is 2.21. The molecule has 18 heavy (non-hydrogen) atoms. The summed E-state index contributed by atoms with van der Waals surface area (Å²) in [6.45, 7) is 3.94. The predicted molar refractivity (Wildman–Crippen MR) is 69.1 cm³/mol. The maximum absolute atomic E-state index is 11.5. The highest BCUT2D eigenvalue weighted by molar-refractivity contribution is 5.72. The van der Waals surface area contributed by atoms with Crippen LogP contribution in [0, 0.1) is 12.8 Å². The normalized spacial score (nSPS) is 12.2. The van der Waals surface area contributed by atoms with Crippen LogP contribution in [0.15, 0.2) is 18.3 Å². The number of carbonyl (C=O) groups excluding carboxylic acids is 1. The van der Waals surface area contributed by atoms with Crippen molar-refractivity contribution in [1.29, 1.82) is 0 Å². The summed E-state index contributed by atoms with van der Waals surface area (Å²) >= 11 is 0. The monoisotopic (exact) mass is 251 g/mol. The van der Waals surface area contributed by atoms with E-state index in [1.54, 1.807) is 13.1 Å². The fraction of sp³-hybridized carbons (Fsp3) is 0.571. The summed E-state index contributed by atoms with van der Waals surface area (Å²) in [6.07, 6.45) is 4.18. The Balaban J connectivity index is 2.37. The van der Waals surface area contributed by atoms with Crippen LogP contribution in [0.2, 0.25) is 0 Å². The van der Waals surface area contributed by atoms with Crippen molar-refractivity contribution in [2.45, 2.75) is 33.1 Å². The lowest BCUT2D eigenvalue weighted by Gasteiger charge is -2.12. The molecule has 0 aliphatic carbocycles. The van der Waals surface area contributed by atoms with Crippen molar-refractivity contribution in [3.63, 3.8) is 0 Å². The molecule has 0 aliphatic rings. The number of pyridine rings is 1. The molecule has 0 bridgehead atoms. The summed E-state index contributed by atoms with van der Waals surface area (Å²) in [5, 5.41) is 9.15. The van der Waals surface area contributed by atoms with Gasteiger partial charge < -0.3 is 9.84 Å². The first-order chi connectivity index (χ1) is 8.67. The summed E-state index contributed by atoms with van der Waals surface area (Å²) in [6, 6.07) is 4.02.